The summed E-state index contributed by atoms with van der Waals surface area (Å²) in [5.74, 6) is -2.08. The van der Waals surface area contributed by atoms with Gasteiger partial charge in [0.2, 0.25) is 0 Å². The van der Waals surface area contributed by atoms with E-state index in [1.54, 1.807) is 0 Å². The van der Waals surface area contributed by atoms with Crippen molar-refractivity contribution >= 4 is 15.6 Å². The predicted molar refractivity (Wildman–Crippen MR) is 66.1 cm³/mol. The minimum absolute atomic E-state index is 0.182. The molecule has 1 aliphatic carbocycles. The quantitative estimate of drug-likeness (QED) is 0.776. The molecule has 1 saturated carbocycles. The molecule has 2 rings (SSSR count). The molecule has 0 radical (unpaired) electrons. The van der Waals surface area contributed by atoms with Crippen molar-refractivity contribution in [1.29, 1.82) is 0 Å². The molecule has 0 aromatic heterocycles. The van der Waals surface area contributed by atoms with E-state index >= 15 is 0 Å². The number of carbonyl (C=O) groups is 1. The summed E-state index contributed by atoms with van der Waals surface area (Å²) in [7, 11) is -4.36. The first-order chi connectivity index (χ1) is 10.0. The number of Topliss-reactive ketones (excluding diaryl/α,β-unsaturated/α-hetero) is 1. The molecule has 1 fully saturated rings. The van der Waals surface area contributed by atoms with Crippen LogP contribution in [0.4, 0.5) is 22.0 Å². The number of carbonyl (C=O) groups excluding carboxylic acids is 1. The number of hydrogen-bond acceptors (Lipinski definition) is 3. The summed E-state index contributed by atoms with van der Waals surface area (Å²) in [5.41, 5.74) is -1.44. The number of rotatable bonds is 2. The first-order valence-corrected chi connectivity index (χ1v) is 7.85. The summed E-state index contributed by atoms with van der Waals surface area (Å²) in [6.45, 7) is 0. The van der Waals surface area contributed by atoms with Crippen molar-refractivity contribution in [1.82, 2.24) is 0 Å². The van der Waals surface area contributed by atoms with Crippen LogP contribution in [0.15, 0.2) is 23.1 Å². The predicted octanol–water partition coefficient (Wildman–Crippen LogP) is 3.08. The highest BCUT2D eigenvalue weighted by atomic mass is 32.2. The molecular weight excluding hydrogens is 331 g/mol. The van der Waals surface area contributed by atoms with Gasteiger partial charge in [-0.2, -0.15) is 13.2 Å². The Morgan fingerprint density at radius 1 is 1.14 bits per heavy atom. The van der Waals surface area contributed by atoms with Crippen LogP contribution in [0.2, 0.25) is 0 Å². The van der Waals surface area contributed by atoms with E-state index < -0.39 is 55.9 Å². The molecule has 0 heterocycles. The number of sulfone groups is 1. The number of halogens is 5. The zero-order valence-electron chi connectivity index (χ0n) is 11.0. The fourth-order valence-corrected chi connectivity index (χ4v) is 4.11. The largest absolute Gasteiger partial charge is 0.416 e. The molecule has 2 atom stereocenters. The van der Waals surface area contributed by atoms with Crippen LogP contribution >= 0.6 is 0 Å². The normalized spacial score (nSPS) is 23.6. The monoisotopic (exact) mass is 342 g/mol. The Balaban J connectivity index is 2.42. The highest BCUT2D eigenvalue weighted by molar-refractivity contribution is 7.92. The van der Waals surface area contributed by atoms with E-state index in [2.05, 4.69) is 0 Å². The van der Waals surface area contributed by atoms with Crippen LogP contribution in [0.5, 0.6) is 0 Å². The van der Waals surface area contributed by atoms with Crippen molar-refractivity contribution in [2.24, 2.45) is 0 Å². The molecule has 0 N–H and O–H groups in total. The zero-order chi connectivity index (χ0) is 16.7. The molecule has 1 aromatic carbocycles. The van der Waals surface area contributed by atoms with Crippen molar-refractivity contribution in [2.75, 3.05) is 0 Å². The van der Waals surface area contributed by atoms with Gasteiger partial charge in [0.05, 0.1) is 15.7 Å². The minimum Gasteiger partial charge on any atom is -0.296 e. The Morgan fingerprint density at radius 3 is 2.32 bits per heavy atom. The van der Waals surface area contributed by atoms with E-state index in [1.165, 1.54) is 0 Å². The molecular formula is C13H11F5O3S. The van der Waals surface area contributed by atoms with Gasteiger partial charge in [-0.05, 0) is 24.6 Å². The summed E-state index contributed by atoms with van der Waals surface area (Å²) in [5, 5.41) is -1.34. The van der Waals surface area contributed by atoms with Gasteiger partial charge in [0.25, 0.3) is 0 Å². The van der Waals surface area contributed by atoms with Gasteiger partial charge in [-0.1, -0.05) is 0 Å². The van der Waals surface area contributed by atoms with Crippen LogP contribution in [0, 0.1) is 5.82 Å². The fourth-order valence-electron chi connectivity index (χ4n) is 2.30. The smallest absolute Gasteiger partial charge is 0.296 e. The van der Waals surface area contributed by atoms with Gasteiger partial charge >= 0.3 is 6.18 Å². The SMILES string of the molecule is O=C1CCC(S(=O)(=O)c2cc(F)cc(C(F)(F)F)c2)CC1F. The van der Waals surface area contributed by atoms with E-state index in [0.717, 1.165) is 0 Å². The van der Waals surface area contributed by atoms with Crippen molar-refractivity contribution in [2.45, 2.75) is 41.8 Å². The Hall–Kier alpha value is -1.51. The van der Waals surface area contributed by atoms with Crippen molar-refractivity contribution in [3.8, 4) is 0 Å². The lowest BCUT2D eigenvalue weighted by atomic mass is 9.97. The molecule has 0 aliphatic heterocycles. The lowest BCUT2D eigenvalue weighted by Crippen LogP contribution is -2.34. The van der Waals surface area contributed by atoms with Crippen molar-refractivity contribution < 1.29 is 35.2 Å². The molecule has 3 nitrogen and oxygen atoms in total. The maximum atomic E-state index is 13.4. The van der Waals surface area contributed by atoms with Gasteiger partial charge in [-0.25, -0.2) is 17.2 Å². The molecule has 2 unspecified atom stereocenters. The van der Waals surface area contributed by atoms with Crippen molar-refractivity contribution in [3.05, 3.63) is 29.6 Å². The molecule has 0 saturated heterocycles. The van der Waals surface area contributed by atoms with Gasteiger partial charge in [-0.15, -0.1) is 0 Å². The van der Waals surface area contributed by atoms with E-state index in [1.807, 2.05) is 0 Å². The Labute approximate surface area is 123 Å². The highest BCUT2D eigenvalue weighted by Crippen LogP contribution is 2.34. The second kappa shape index (κ2) is 5.60. The second-order valence-corrected chi connectivity index (χ2v) is 7.28. The van der Waals surface area contributed by atoms with E-state index in [9.17, 15) is 35.2 Å². The molecule has 0 amide bonds. The Kier molecular flexibility index (Phi) is 4.29. The van der Waals surface area contributed by atoms with E-state index in [-0.39, 0.29) is 18.9 Å². The molecule has 122 valence electrons. The van der Waals surface area contributed by atoms with Crippen LogP contribution in [0.3, 0.4) is 0 Å². The van der Waals surface area contributed by atoms with Gasteiger partial charge in [0, 0.05) is 12.8 Å². The van der Waals surface area contributed by atoms with Crippen LogP contribution in [-0.2, 0) is 20.8 Å². The Morgan fingerprint density at radius 2 is 1.77 bits per heavy atom. The number of hydrogen-bond donors (Lipinski definition) is 0. The number of benzene rings is 1. The molecule has 1 aromatic rings. The second-order valence-electron chi connectivity index (χ2n) is 5.05. The summed E-state index contributed by atoms with van der Waals surface area (Å²) in [6.07, 6.45) is -8.01. The first-order valence-electron chi connectivity index (χ1n) is 6.30. The molecule has 0 bridgehead atoms. The van der Waals surface area contributed by atoms with Gasteiger partial charge in [-0.3, -0.25) is 4.79 Å². The average molecular weight is 342 g/mol. The third kappa shape index (κ3) is 3.29. The molecule has 9 heteroatoms. The van der Waals surface area contributed by atoms with Crippen LogP contribution < -0.4 is 0 Å². The summed E-state index contributed by atoms with van der Waals surface area (Å²) in [4.78, 5) is 10.2. The maximum Gasteiger partial charge on any atom is 0.416 e. The standard InChI is InChI=1S/C13H11F5O3S/c14-8-3-7(13(16,17)18)4-10(5-8)22(20,21)9-1-2-12(19)11(15)6-9/h3-5,9,11H,1-2,6H2. The van der Waals surface area contributed by atoms with Gasteiger partial charge < -0.3 is 0 Å². The number of alkyl halides is 4. The maximum absolute atomic E-state index is 13.4. The summed E-state index contributed by atoms with van der Waals surface area (Å²) in [6, 6.07) is 0.970. The number of ketones is 1. The fraction of sp³-hybridized carbons (Fsp3) is 0.462. The highest BCUT2D eigenvalue weighted by Gasteiger charge is 2.39. The van der Waals surface area contributed by atoms with Gasteiger partial charge in [0.1, 0.15) is 5.82 Å². The zero-order valence-corrected chi connectivity index (χ0v) is 11.8. The van der Waals surface area contributed by atoms with Gasteiger partial charge in [0.15, 0.2) is 21.8 Å². The molecule has 0 spiro atoms. The third-order valence-electron chi connectivity index (χ3n) is 3.50. The third-order valence-corrected chi connectivity index (χ3v) is 5.70. The average Bonchev–Trinajstić information content (AvgIpc) is 2.40. The Bertz CT molecular complexity index is 696. The van der Waals surface area contributed by atoms with Crippen LogP contribution in [-0.4, -0.2) is 25.6 Å². The van der Waals surface area contributed by atoms with E-state index in [4.69, 9.17) is 0 Å². The summed E-state index contributed by atoms with van der Waals surface area (Å²) >= 11 is 0. The first kappa shape index (κ1) is 16.9. The lowest BCUT2D eigenvalue weighted by Gasteiger charge is -2.24. The van der Waals surface area contributed by atoms with Crippen LogP contribution in [0.1, 0.15) is 24.8 Å². The van der Waals surface area contributed by atoms with Crippen molar-refractivity contribution in [3.63, 3.8) is 0 Å². The van der Waals surface area contributed by atoms with E-state index in [0.29, 0.717) is 12.1 Å². The van der Waals surface area contributed by atoms with Crippen LogP contribution in [0.25, 0.3) is 0 Å². The molecule has 22 heavy (non-hydrogen) atoms. The minimum atomic E-state index is -4.91. The lowest BCUT2D eigenvalue weighted by molar-refractivity contribution is -0.138. The topological polar surface area (TPSA) is 51.2 Å². The summed E-state index contributed by atoms with van der Waals surface area (Å²) < 4.78 is 89.0. The molecule has 1 aliphatic rings.